The molecular formula is C14H17ClIN3O. The minimum atomic E-state index is 0.528. The molecule has 2 rings (SSSR count). The highest BCUT2D eigenvalue weighted by molar-refractivity contribution is 14.1. The first-order chi connectivity index (χ1) is 9.70. The molecule has 2 aromatic rings. The van der Waals surface area contributed by atoms with Crippen molar-refractivity contribution in [2.24, 2.45) is 0 Å². The van der Waals surface area contributed by atoms with Crippen LogP contribution in [-0.4, -0.2) is 23.3 Å². The first-order valence-corrected chi connectivity index (χ1v) is 8.15. The van der Waals surface area contributed by atoms with Gasteiger partial charge in [-0.05, 0) is 66.7 Å². The van der Waals surface area contributed by atoms with Gasteiger partial charge < -0.3 is 9.73 Å². The Balaban J connectivity index is 1.93. The van der Waals surface area contributed by atoms with E-state index in [4.69, 9.17) is 16.0 Å². The van der Waals surface area contributed by atoms with Crippen LogP contribution in [0.25, 0.3) is 11.5 Å². The second-order valence-electron chi connectivity index (χ2n) is 4.48. The van der Waals surface area contributed by atoms with Crippen molar-refractivity contribution < 1.29 is 4.42 Å². The summed E-state index contributed by atoms with van der Waals surface area (Å²) in [4.78, 5) is 0. The van der Waals surface area contributed by atoms with Crippen molar-refractivity contribution in [2.75, 3.05) is 13.1 Å². The van der Waals surface area contributed by atoms with Gasteiger partial charge in [0.1, 0.15) is 0 Å². The van der Waals surface area contributed by atoms with Gasteiger partial charge in [-0.1, -0.05) is 18.5 Å². The predicted molar refractivity (Wildman–Crippen MR) is 88.9 cm³/mol. The van der Waals surface area contributed by atoms with E-state index in [1.54, 1.807) is 0 Å². The fourth-order valence-electron chi connectivity index (χ4n) is 1.77. The molecule has 0 amide bonds. The number of aryl methyl sites for hydroxylation is 1. The Morgan fingerprint density at radius 2 is 2.15 bits per heavy atom. The molecule has 1 aromatic carbocycles. The van der Waals surface area contributed by atoms with Crippen molar-refractivity contribution >= 4 is 34.2 Å². The van der Waals surface area contributed by atoms with Gasteiger partial charge in [-0.25, -0.2) is 0 Å². The number of rotatable bonds is 7. The number of hydrogen-bond acceptors (Lipinski definition) is 4. The molecule has 0 radical (unpaired) electrons. The van der Waals surface area contributed by atoms with E-state index in [0.717, 1.165) is 41.5 Å². The Hall–Kier alpha value is -0.660. The normalized spacial score (nSPS) is 10.9. The molecule has 108 valence electrons. The average Bonchev–Trinajstić information content (AvgIpc) is 2.90. The lowest BCUT2D eigenvalue weighted by Gasteiger charge is -2.00. The molecule has 4 nitrogen and oxygen atoms in total. The van der Waals surface area contributed by atoms with E-state index in [1.807, 2.05) is 18.2 Å². The molecule has 0 atom stereocenters. The highest BCUT2D eigenvalue weighted by atomic mass is 127. The van der Waals surface area contributed by atoms with Crippen molar-refractivity contribution in [2.45, 2.75) is 26.2 Å². The van der Waals surface area contributed by atoms with Gasteiger partial charge in [0.2, 0.25) is 11.8 Å². The van der Waals surface area contributed by atoms with Gasteiger partial charge in [0.15, 0.2) is 0 Å². The molecule has 1 aromatic heterocycles. The van der Waals surface area contributed by atoms with Crippen LogP contribution in [0.15, 0.2) is 22.6 Å². The number of aromatic nitrogens is 2. The van der Waals surface area contributed by atoms with Crippen molar-refractivity contribution in [3.63, 3.8) is 0 Å². The summed E-state index contributed by atoms with van der Waals surface area (Å²) in [5.41, 5.74) is 0.860. The number of nitrogens with one attached hydrogen (secondary N) is 1. The first-order valence-electron chi connectivity index (χ1n) is 6.69. The zero-order valence-corrected chi connectivity index (χ0v) is 14.2. The predicted octanol–water partition coefficient (Wildman–Crippen LogP) is 3.93. The van der Waals surface area contributed by atoms with Crippen molar-refractivity contribution in [1.82, 2.24) is 15.5 Å². The van der Waals surface area contributed by atoms with E-state index >= 15 is 0 Å². The zero-order chi connectivity index (χ0) is 14.4. The molecular weight excluding hydrogens is 389 g/mol. The van der Waals surface area contributed by atoms with Crippen LogP contribution in [0.1, 0.15) is 25.7 Å². The molecule has 0 bridgehead atoms. The summed E-state index contributed by atoms with van der Waals surface area (Å²) >= 11 is 8.29. The smallest absolute Gasteiger partial charge is 0.247 e. The first kappa shape index (κ1) is 15.7. The van der Waals surface area contributed by atoms with E-state index < -0.39 is 0 Å². The van der Waals surface area contributed by atoms with Gasteiger partial charge >= 0.3 is 0 Å². The van der Waals surface area contributed by atoms with E-state index in [0.29, 0.717) is 16.8 Å². The number of benzene rings is 1. The van der Waals surface area contributed by atoms with Gasteiger partial charge in [0.25, 0.3) is 0 Å². The highest BCUT2D eigenvalue weighted by Gasteiger charge is 2.09. The van der Waals surface area contributed by atoms with Gasteiger partial charge in [0.05, 0.1) is 5.02 Å². The molecule has 0 fully saturated rings. The van der Waals surface area contributed by atoms with Crippen molar-refractivity contribution in [1.29, 1.82) is 0 Å². The summed E-state index contributed by atoms with van der Waals surface area (Å²) in [5, 5.41) is 12.2. The Morgan fingerprint density at radius 3 is 2.90 bits per heavy atom. The Bertz CT molecular complexity index is 559. The van der Waals surface area contributed by atoms with Gasteiger partial charge in [-0.15, -0.1) is 10.2 Å². The third-order valence-electron chi connectivity index (χ3n) is 2.80. The fourth-order valence-corrected chi connectivity index (χ4v) is 2.28. The third-order valence-corrected chi connectivity index (χ3v) is 4.38. The molecule has 6 heteroatoms. The van der Waals surface area contributed by atoms with Crippen LogP contribution in [0.3, 0.4) is 0 Å². The maximum atomic E-state index is 6.10. The van der Waals surface area contributed by atoms with Crippen LogP contribution in [0, 0.1) is 3.57 Å². The van der Waals surface area contributed by atoms with Crippen molar-refractivity contribution in [3.8, 4) is 11.5 Å². The molecule has 1 N–H and O–H groups in total. The third kappa shape index (κ3) is 4.43. The molecule has 0 saturated heterocycles. The van der Waals surface area contributed by atoms with Crippen LogP contribution in [0.2, 0.25) is 5.02 Å². The summed E-state index contributed by atoms with van der Waals surface area (Å²) in [6.45, 7) is 4.18. The molecule has 20 heavy (non-hydrogen) atoms. The van der Waals surface area contributed by atoms with E-state index in [-0.39, 0.29) is 0 Å². The zero-order valence-electron chi connectivity index (χ0n) is 11.3. The topological polar surface area (TPSA) is 51.0 Å². The van der Waals surface area contributed by atoms with Gasteiger partial charge in [-0.2, -0.15) is 0 Å². The molecule has 0 aliphatic heterocycles. The van der Waals surface area contributed by atoms with Crippen molar-refractivity contribution in [3.05, 3.63) is 32.7 Å². The maximum absolute atomic E-state index is 6.10. The van der Waals surface area contributed by atoms with Crippen LogP contribution in [-0.2, 0) is 6.42 Å². The average molecular weight is 406 g/mol. The maximum Gasteiger partial charge on any atom is 0.247 e. The molecule has 0 aliphatic carbocycles. The molecule has 0 unspecified atom stereocenters. The van der Waals surface area contributed by atoms with E-state index in [9.17, 15) is 0 Å². The quantitative estimate of drug-likeness (QED) is 0.560. The summed E-state index contributed by atoms with van der Waals surface area (Å²) in [6, 6.07) is 5.73. The minimum Gasteiger partial charge on any atom is -0.421 e. The molecule has 0 aliphatic rings. The molecule has 0 spiro atoms. The summed E-state index contributed by atoms with van der Waals surface area (Å²) < 4.78 is 6.67. The monoisotopic (exact) mass is 405 g/mol. The standard InChI is InChI=1S/C14H17ClIN3O/c1-2-7-17-8-3-4-13-18-19-14(20-13)10-5-6-12(16)11(15)9-10/h5-6,9,17H,2-4,7-8H2,1H3. The summed E-state index contributed by atoms with van der Waals surface area (Å²) in [7, 11) is 0. The number of nitrogens with zero attached hydrogens (tertiary/aromatic N) is 2. The number of hydrogen-bond donors (Lipinski definition) is 1. The summed E-state index contributed by atoms with van der Waals surface area (Å²) in [5.74, 6) is 1.20. The lowest BCUT2D eigenvalue weighted by Crippen LogP contribution is -2.16. The van der Waals surface area contributed by atoms with E-state index in [2.05, 4.69) is 45.0 Å². The fraction of sp³-hybridized carbons (Fsp3) is 0.429. The van der Waals surface area contributed by atoms with Crippen LogP contribution >= 0.6 is 34.2 Å². The summed E-state index contributed by atoms with van der Waals surface area (Å²) in [6.07, 6.45) is 2.94. The Labute approximate surface area is 137 Å². The SMILES string of the molecule is CCCNCCCc1nnc(-c2ccc(I)c(Cl)c2)o1. The minimum absolute atomic E-state index is 0.528. The van der Waals surface area contributed by atoms with Crippen LogP contribution < -0.4 is 5.32 Å². The largest absolute Gasteiger partial charge is 0.421 e. The second kappa shape index (κ2) is 7.95. The van der Waals surface area contributed by atoms with E-state index in [1.165, 1.54) is 0 Å². The van der Waals surface area contributed by atoms with Gasteiger partial charge in [0, 0.05) is 15.6 Å². The highest BCUT2D eigenvalue weighted by Crippen LogP contribution is 2.25. The number of halogens is 2. The second-order valence-corrected chi connectivity index (χ2v) is 6.05. The molecule has 0 saturated carbocycles. The lowest BCUT2D eigenvalue weighted by atomic mass is 10.2. The van der Waals surface area contributed by atoms with Crippen LogP contribution in [0.4, 0.5) is 0 Å². The lowest BCUT2D eigenvalue weighted by molar-refractivity contribution is 0.491. The van der Waals surface area contributed by atoms with Gasteiger partial charge in [-0.3, -0.25) is 0 Å². The Morgan fingerprint density at radius 1 is 1.30 bits per heavy atom. The molecule has 1 heterocycles. The van der Waals surface area contributed by atoms with Crippen LogP contribution in [0.5, 0.6) is 0 Å². The Kier molecular flexibility index (Phi) is 6.25.